The Hall–Kier alpha value is -1.06. The fourth-order valence-electron chi connectivity index (χ4n) is 2.89. The van der Waals surface area contributed by atoms with E-state index in [0.717, 1.165) is 12.3 Å². The third-order valence-electron chi connectivity index (χ3n) is 4.42. The van der Waals surface area contributed by atoms with Crippen molar-refractivity contribution in [1.29, 1.82) is 0 Å². The molecule has 2 N–H and O–H groups in total. The molecule has 0 heterocycles. The van der Waals surface area contributed by atoms with Crippen molar-refractivity contribution < 1.29 is 9.84 Å². The molecule has 1 unspecified atom stereocenters. The first kappa shape index (κ1) is 15.3. The van der Waals surface area contributed by atoms with Gasteiger partial charge in [-0.1, -0.05) is 13.0 Å². The lowest BCUT2D eigenvalue weighted by Crippen LogP contribution is -2.55. The molecule has 20 heavy (non-hydrogen) atoms. The Labute approximate surface area is 122 Å². The summed E-state index contributed by atoms with van der Waals surface area (Å²) in [5, 5.41) is 13.3. The van der Waals surface area contributed by atoms with Crippen LogP contribution in [0.5, 0.6) is 5.75 Å². The summed E-state index contributed by atoms with van der Waals surface area (Å²) in [4.78, 5) is 0. The molecule has 1 atom stereocenters. The quantitative estimate of drug-likeness (QED) is 0.805. The molecule has 3 heteroatoms. The number of ether oxygens (including phenoxy) is 1. The minimum Gasteiger partial charge on any atom is -0.491 e. The standard InChI is InChI=1S/C17H27NO2/c1-5-18-17(10-19,15-6-7-15)11-20-16-9-12(2)8-13(3)14(16)4/h8-9,15,18-19H,5-7,10-11H2,1-4H3. The number of aryl methyl sites for hydroxylation is 2. The largest absolute Gasteiger partial charge is 0.491 e. The van der Waals surface area contributed by atoms with E-state index in [4.69, 9.17) is 4.74 Å². The van der Waals surface area contributed by atoms with Crippen LogP contribution in [-0.4, -0.2) is 30.4 Å². The van der Waals surface area contributed by atoms with Crippen molar-refractivity contribution >= 4 is 0 Å². The van der Waals surface area contributed by atoms with E-state index in [2.05, 4.69) is 45.1 Å². The third-order valence-corrected chi connectivity index (χ3v) is 4.42. The highest BCUT2D eigenvalue weighted by molar-refractivity contribution is 5.42. The molecule has 0 radical (unpaired) electrons. The van der Waals surface area contributed by atoms with Crippen LogP contribution in [0.15, 0.2) is 12.1 Å². The first-order valence-electron chi connectivity index (χ1n) is 7.59. The normalized spacial score (nSPS) is 17.9. The van der Waals surface area contributed by atoms with Crippen LogP contribution in [-0.2, 0) is 0 Å². The van der Waals surface area contributed by atoms with E-state index in [1.165, 1.54) is 29.5 Å². The lowest BCUT2D eigenvalue weighted by atomic mass is 9.95. The smallest absolute Gasteiger partial charge is 0.122 e. The molecule has 0 bridgehead atoms. The Morgan fingerprint density at radius 2 is 2.00 bits per heavy atom. The molecular formula is C17H27NO2. The van der Waals surface area contributed by atoms with Crippen LogP contribution in [0.25, 0.3) is 0 Å². The van der Waals surface area contributed by atoms with Gasteiger partial charge in [0.05, 0.1) is 12.1 Å². The molecule has 3 nitrogen and oxygen atoms in total. The van der Waals surface area contributed by atoms with Crippen molar-refractivity contribution in [3.05, 3.63) is 28.8 Å². The van der Waals surface area contributed by atoms with Crippen LogP contribution in [0, 0.1) is 26.7 Å². The van der Waals surface area contributed by atoms with Crippen LogP contribution in [0.2, 0.25) is 0 Å². The number of hydrogen-bond donors (Lipinski definition) is 2. The number of aliphatic hydroxyl groups excluding tert-OH is 1. The van der Waals surface area contributed by atoms with Gasteiger partial charge in [-0.25, -0.2) is 0 Å². The Morgan fingerprint density at radius 3 is 2.55 bits per heavy atom. The summed E-state index contributed by atoms with van der Waals surface area (Å²) < 4.78 is 6.09. The fourth-order valence-corrected chi connectivity index (χ4v) is 2.89. The molecule has 0 saturated heterocycles. The van der Waals surface area contributed by atoms with Gasteiger partial charge in [-0.15, -0.1) is 0 Å². The molecule has 1 fully saturated rings. The first-order valence-corrected chi connectivity index (χ1v) is 7.59. The van der Waals surface area contributed by atoms with Gasteiger partial charge in [0.15, 0.2) is 0 Å². The highest BCUT2D eigenvalue weighted by atomic mass is 16.5. The van der Waals surface area contributed by atoms with E-state index < -0.39 is 0 Å². The minimum atomic E-state index is -0.279. The number of rotatable bonds is 7. The summed E-state index contributed by atoms with van der Waals surface area (Å²) in [5.74, 6) is 1.48. The second-order valence-electron chi connectivity index (χ2n) is 6.11. The number of aliphatic hydroxyl groups is 1. The van der Waals surface area contributed by atoms with Crippen molar-refractivity contribution in [1.82, 2.24) is 5.32 Å². The lowest BCUT2D eigenvalue weighted by molar-refractivity contribution is 0.0860. The van der Waals surface area contributed by atoms with Crippen LogP contribution < -0.4 is 10.1 Å². The van der Waals surface area contributed by atoms with Gasteiger partial charge in [-0.3, -0.25) is 0 Å². The lowest BCUT2D eigenvalue weighted by Gasteiger charge is -2.33. The van der Waals surface area contributed by atoms with Crippen molar-refractivity contribution in [3.8, 4) is 5.75 Å². The maximum atomic E-state index is 9.83. The number of benzene rings is 1. The second kappa shape index (κ2) is 6.15. The highest BCUT2D eigenvalue weighted by Crippen LogP contribution is 2.40. The van der Waals surface area contributed by atoms with E-state index in [0.29, 0.717) is 12.5 Å². The Morgan fingerprint density at radius 1 is 1.30 bits per heavy atom. The van der Waals surface area contributed by atoms with Crippen LogP contribution in [0.1, 0.15) is 36.5 Å². The van der Waals surface area contributed by atoms with E-state index in [1.54, 1.807) is 0 Å². The predicted molar refractivity (Wildman–Crippen MR) is 82.4 cm³/mol. The summed E-state index contributed by atoms with van der Waals surface area (Å²) in [5.41, 5.74) is 3.38. The fraction of sp³-hybridized carbons (Fsp3) is 0.647. The van der Waals surface area contributed by atoms with Crippen LogP contribution in [0.4, 0.5) is 0 Å². The van der Waals surface area contributed by atoms with Gasteiger partial charge in [0, 0.05) is 0 Å². The molecule has 2 rings (SSSR count). The predicted octanol–water partition coefficient (Wildman–Crippen LogP) is 2.74. The zero-order valence-electron chi connectivity index (χ0n) is 13.1. The maximum Gasteiger partial charge on any atom is 0.122 e. The van der Waals surface area contributed by atoms with Gasteiger partial charge >= 0.3 is 0 Å². The summed E-state index contributed by atoms with van der Waals surface area (Å²) in [6, 6.07) is 4.26. The number of nitrogens with one attached hydrogen (secondary N) is 1. The van der Waals surface area contributed by atoms with E-state index in [-0.39, 0.29) is 12.1 Å². The molecular weight excluding hydrogens is 250 g/mol. The molecule has 1 aliphatic rings. The number of hydrogen-bond acceptors (Lipinski definition) is 3. The van der Waals surface area contributed by atoms with Crippen LogP contribution in [0.3, 0.4) is 0 Å². The Bertz CT molecular complexity index is 468. The first-order chi connectivity index (χ1) is 9.52. The van der Waals surface area contributed by atoms with Crippen molar-refractivity contribution in [3.63, 3.8) is 0 Å². The van der Waals surface area contributed by atoms with Gasteiger partial charge in [-0.2, -0.15) is 0 Å². The topological polar surface area (TPSA) is 41.5 Å². The summed E-state index contributed by atoms with van der Waals surface area (Å²) in [6.07, 6.45) is 2.37. The second-order valence-corrected chi connectivity index (χ2v) is 6.11. The molecule has 1 aliphatic carbocycles. The maximum absolute atomic E-state index is 9.83. The molecule has 1 aromatic carbocycles. The van der Waals surface area contributed by atoms with Crippen molar-refractivity contribution in [2.24, 2.45) is 5.92 Å². The van der Waals surface area contributed by atoms with E-state index >= 15 is 0 Å². The van der Waals surface area contributed by atoms with Gasteiger partial charge in [0.1, 0.15) is 12.4 Å². The van der Waals surface area contributed by atoms with E-state index in [9.17, 15) is 5.11 Å². The Balaban J connectivity index is 2.13. The molecule has 0 spiro atoms. The summed E-state index contributed by atoms with van der Waals surface area (Å²) in [6.45, 7) is 9.89. The molecule has 1 aromatic rings. The average molecular weight is 277 g/mol. The average Bonchev–Trinajstić information content (AvgIpc) is 3.24. The van der Waals surface area contributed by atoms with Crippen molar-refractivity contribution in [2.45, 2.75) is 46.1 Å². The van der Waals surface area contributed by atoms with Crippen molar-refractivity contribution in [2.75, 3.05) is 19.8 Å². The molecule has 1 saturated carbocycles. The molecule has 0 aliphatic heterocycles. The zero-order chi connectivity index (χ0) is 14.8. The van der Waals surface area contributed by atoms with Gasteiger partial charge < -0.3 is 15.2 Å². The molecule has 0 amide bonds. The van der Waals surface area contributed by atoms with Gasteiger partial charge in [0.25, 0.3) is 0 Å². The molecule has 0 aromatic heterocycles. The third kappa shape index (κ3) is 3.15. The summed E-state index contributed by atoms with van der Waals surface area (Å²) >= 11 is 0. The highest BCUT2D eigenvalue weighted by Gasteiger charge is 2.45. The van der Waals surface area contributed by atoms with E-state index in [1.807, 2.05) is 0 Å². The van der Waals surface area contributed by atoms with Crippen LogP contribution >= 0.6 is 0 Å². The Kier molecular flexibility index (Phi) is 4.71. The van der Waals surface area contributed by atoms with Gasteiger partial charge in [-0.05, 0) is 68.8 Å². The number of likely N-dealkylation sites (N-methyl/N-ethyl adjacent to an activating group) is 1. The summed E-state index contributed by atoms with van der Waals surface area (Å²) in [7, 11) is 0. The SMILES string of the molecule is CCNC(CO)(COc1cc(C)cc(C)c1C)C1CC1. The van der Waals surface area contributed by atoms with Gasteiger partial charge in [0.2, 0.25) is 0 Å². The molecule has 112 valence electrons. The minimum absolute atomic E-state index is 0.134. The zero-order valence-corrected chi connectivity index (χ0v) is 13.1. The monoisotopic (exact) mass is 277 g/mol.